The minimum absolute atomic E-state index is 0.0350. The Labute approximate surface area is 123 Å². The van der Waals surface area contributed by atoms with Crippen molar-refractivity contribution in [2.45, 2.75) is 32.6 Å². The Morgan fingerprint density at radius 1 is 1.29 bits per heavy atom. The van der Waals surface area contributed by atoms with Crippen LogP contribution in [0.25, 0.3) is 5.69 Å². The third-order valence-electron chi connectivity index (χ3n) is 3.42. The maximum atomic E-state index is 11.2. The fourth-order valence-corrected chi connectivity index (χ4v) is 2.19. The van der Waals surface area contributed by atoms with E-state index in [9.17, 15) is 9.90 Å². The molecule has 112 valence electrons. The Morgan fingerprint density at radius 2 is 1.95 bits per heavy atom. The molecule has 0 aliphatic carbocycles. The van der Waals surface area contributed by atoms with Gasteiger partial charge in [0.05, 0.1) is 5.69 Å². The molecule has 2 N–H and O–H groups in total. The molecule has 5 nitrogen and oxygen atoms in total. The number of aryl methyl sites for hydroxylation is 1. The van der Waals surface area contributed by atoms with Crippen molar-refractivity contribution in [3.05, 3.63) is 47.3 Å². The zero-order valence-corrected chi connectivity index (χ0v) is 12.3. The van der Waals surface area contributed by atoms with Gasteiger partial charge < -0.3 is 10.2 Å². The number of rotatable bonds is 6. The summed E-state index contributed by atoms with van der Waals surface area (Å²) in [6, 6.07) is 7.92. The van der Waals surface area contributed by atoms with Gasteiger partial charge in [0.2, 0.25) is 0 Å². The number of aliphatic hydroxyl groups excluding tert-OH is 1. The van der Waals surface area contributed by atoms with Crippen LogP contribution in [0, 0.1) is 0 Å². The van der Waals surface area contributed by atoms with E-state index in [2.05, 4.69) is 18.9 Å². The van der Waals surface area contributed by atoms with E-state index in [0.717, 1.165) is 5.69 Å². The van der Waals surface area contributed by atoms with E-state index >= 15 is 0 Å². The molecule has 5 heteroatoms. The van der Waals surface area contributed by atoms with Gasteiger partial charge in [-0.15, -0.1) is 0 Å². The van der Waals surface area contributed by atoms with Crippen LogP contribution in [0.4, 0.5) is 0 Å². The molecular weight excluding hydrogens is 268 g/mol. The summed E-state index contributed by atoms with van der Waals surface area (Å²) in [6.45, 7) is 4.28. The molecular formula is C16H20N2O3. The van der Waals surface area contributed by atoms with Crippen molar-refractivity contribution in [1.29, 1.82) is 0 Å². The molecule has 21 heavy (non-hydrogen) atoms. The van der Waals surface area contributed by atoms with Crippen molar-refractivity contribution in [2.75, 3.05) is 6.61 Å². The number of aromatic carboxylic acids is 1. The lowest BCUT2D eigenvalue weighted by atomic mass is 10.0. The van der Waals surface area contributed by atoms with Gasteiger partial charge in [-0.25, -0.2) is 9.48 Å². The van der Waals surface area contributed by atoms with Crippen molar-refractivity contribution in [1.82, 2.24) is 9.78 Å². The Hall–Kier alpha value is -2.14. The van der Waals surface area contributed by atoms with E-state index in [1.165, 1.54) is 5.56 Å². The standard InChI is InChI=1S/C16H20N2O3/c1-11(2)12-5-7-14(8-6-12)18-10-13(4-3-9-19)15(17-18)16(20)21/h5-8,10-11,19H,3-4,9H2,1-2H3,(H,20,21). The van der Waals surface area contributed by atoms with E-state index in [-0.39, 0.29) is 12.3 Å². The number of nitrogens with zero attached hydrogens (tertiary/aromatic N) is 2. The van der Waals surface area contributed by atoms with Gasteiger partial charge in [-0.2, -0.15) is 5.10 Å². The van der Waals surface area contributed by atoms with Gasteiger partial charge in [-0.05, 0) is 36.5 Å². The van der Waals surface area contributed by atoms with E-state index in [4.69, 9.17) is 5.11 Å². The minimum atomic E-state index is -1.04. The van der Waals surface area contributed by atoms with Gasteiger partial charge in [0, 0.05) is 18.4 Å². The molecule has 0 bridgehead atoms. The van der Waals surface area contributed by atoms with Gasteiger partial charge >= 0.3 is 5.97 Å². The normalized spacial score (nSPS) is 11.0. The first kappa shape index (κ1) is 15.3. The van der Waals surface area contributed by atoms with Crippen LogP contribution in [0.2, 0.25) is 0 Å². The number of hydrogen-bond donors (Lipinski definition) is 2. The molecule has 1 aromatic carbocycles. The predicted molar refractivity (Wildman–Crippen MR) is 80.0 cm³/mol. The summed E-state index contributed by atoms with van der Waals surface area (Å²) in [6.07, 6.45) is 2.75. The van der Waals surface area contributed by atoms with E-state index in [1.54, 1.807) is 10.9 Å². The number of carboxylic acids is 1. The van der Waals surface area contributed by atoms with E-state index < -0.39 is 5.97 Å². The van der Waals surface area contributed by atoms with Crippen LogP contribution in [0.3, 0.4) is 0 Å². The highest BCUT2D eigenvalue weighted by Crippen LogP contribution is 2.18. The third-order valence-corrected chi connectivity index (χ3v) is 3.42. The van der Waals surface area contributed by atoms with Crippen LogP contribution in [-0.4, -0.2) is 32.6 Å². The van der Waals surface area contributed by atoms with E-state index in [0.29, 0.717) is 24.3 Å². The Balaban J connectivity index is 2.32. The molecule has 0 saturated carbocycles. The van der Waals surface area contributed by atoms with Crippen LogP contribution in [-0.2, 0) is 6.42 Å². The summed E-state index contributed by atoms with van der Waals surface area (Å²) >= 11 is 0. The molecule has 0 unspecified atom stereocenters. The quantitative estimate of drug-likeness (QED) is 0.856. The van der Waals surface area contributed by atoms with Crippen LogP contribution >= 0.6 is 0 Å². The van der Waals surface area contributed by atoms with Crippen LogP contribution in [0.1, 0.15) is 47.8 Å². The number of benzene rings is 1. The summed E-state index contributed by atoms with van der Waals surface area (Å²) < 4.78 is 1.58. The van der Waals surface area contributed by atoms with Gasteiger partial charge in [-0.1, -0.05) is 26.0 Å². The number of aliphatic hydroxyl groups is 1. The number of aromatic nitrogens is 2. The van der Waals surface area contributed by atoms with Crippen molar-refractivity contribution >= 4 is 5.97 Å². The maximum Gasteiger partial charge on any atom is 0.356 e. The second-order valence-corrected chi connectivity index (χ2v) is 5.33. The molecule has 0 saturated heterocycles. The molecule has 0 radical (unpaired) electrons. The Morgan fingerprint density at radius 3 is 2.48 bits per heavy atom. The maximum absolute atomic E-state index is 11.2. The first-order chi connectivity index (χ1) is 10.0. The van der Waals surface area contributed by atoms with Crippen molar-refractivity contribution in [3.8, 4) is 5.69 Å². The fraction of sp³-hybridized carbons (Fsp3) is 0.375. The molecule has 0 atom stereocenters. The third kappa shape index (κ3) is 3.49. The zero-order valence-electron chi connectivity index (χ0n) is 12.3. The van der Waals surface area contributed by atoms with Crippen LogP contribution < -0.4 is 0 Å². The SMILES string of the molecule is CC(C)c1ccc(-n2cc(CCCO)c(C(=O)O)n2)cc1. The second-order valence-electron chi connectivity index (χ2n) is 5.33. The average Bonchev–Trinajstić information content (AvgIpc) is 2.89. The van der Waals surface area contributed by atoms with Crippen LogP contribution in [0.15, 0.2) is 30.5 Å². The monoisotopic (exact) mass is 288 g/mol. The number of carbonyl (C=O) groups is 1. The molecule has 2 aromatic rings. The first-order valence-electron chi connectivity index (χ1n) is 7.06. The van der Waals surface area contributed by atoms with Gasteiger partial charge in [0.15, 0.2) is 5.69 Å². The number of hydrogen-bond acceptors (Lipinski definition) is 3. The van der Waals surface area contributed by atoms with Gasteiger partial charge in [-0.3, -0.25) is 0 Å². The summed E-state index contributed by atoms with van der Waals surface area (Å²) in [5.41, 5.74) is 2.75. The van der Waals surface area contributed by atoms with Crippen molar-refractivity contribution in [3.63, 3.8) is 0 Å². The fourth-order valence-electron chi connectivity index (χ4n) is 2.19. The molecule has 1 aromatic heterocycles. The lowest BCUT2D eigenvalue weighted by molar-refractivity contribution is 0.0688. The summed E-state index contributed by atoms with van der Waals surface area (Å²) in [7, 11) is 0. The van der Waals surface area contributed by atoms with Gasteiger partial charge in [0.1, 0.15) is 0 Å². The minimum Gasteiger partial charge on any atom is -0.476 e. The lowest BCUT2D eigenvalue weighted by Gasteiger charge is -2.06. The highest BCUT2D eigenvalue weighted by atomic mass is 16.4. The average molecular weight is 288 g/mol. The summed E-state index contributed by atoms with van der Waals surface area (Å²) in [4.78, 5) is 11.2. The smallest absolute Gasteiger partial charge is 0.356 e. The zero-order chi connectivity index (χ0) is 15.4. The highest BCUT2D eigenvalue weighted by molar-refractivity contribution is 5.87. The van der Waals surface area contributed by atoms with E-state index in [1.807, 2.05) is 24.3 Å². The molecule has 0 spiro atoms. The van der Waals surface area contributed by atoms with Crippen LogP contribution in [0.5, 0.6) is 0 Å². The number of carboxylic acid groups (broad SMARTS) is 1. The van der Waals surface area contributed by atoms with Gasteiger partial charge in [0.25, 0.3) is 0 Å². The molecule has 1 heterocycles. The summed E-state index contributed by atoms with van der Waals surface area (Å²) in [5, 5.41) is 22.2. The molecule has 0 amide bonds. The molecule has 2 rings (SSSR count). The second kappa shape index (κ2) is 6.54. The Bertz CT molecular complexity index is 615. The van der Waals surface area contributed by atoms with Crippen molar-refractivity contribution < 1.29 is 15.0 Å². The lowest BCUT2D eigenvalue weighted by Crippen LogP contribution is -2.03. The highest BCUT2D eigenvalue weighted by Gasteiger charge is 2.16. The molecule has 0 fully saturated rings. The van der Waals surface area contributed by atoms with Crippen molar-refractivity contribution in [2.24, 2.45) is 0 Å². The topological polar surface area (TPSA) is 75.4 Å². The predicted octanol–water partition coefficient (Wildman–Crippen LogP) is 2.62. The molecule has 0 aliphatic heterocycles. The summed E-state index contributed by atoms with van der Waals surface area (Å²) in [5.74, 6) is -0.591. The largest absolute Gasteiger partial charge is 0.476 e. The first-order valence-corrected chi connectivity index (χ1v) is 7.06. The Kier molecular flexibility index (Phi) is 4.75. The molecule has 0 aliphatic rings.